The van der Waals surface area contributed by atoms with Crippen LogP contribution in [0.4, 0.5) is 0 Å². The van der Waals surface area contributed by atoms with Crippen molar-refractivity contribution in [1.82, 2.24) is 14.5 Å². The summed E-state index contributed by atoms with van der Waals surface area (Å²) in [4.78, 5) is 15.6. The molecule has 4 rings (SSSR count). The van der Waals surface area contributed by atoms with Gasteiger partial charge < -0.3 is 5.32 Å². The number of likely N-dealkylation sites (tertiary alicyclic amines) is 1. The first kappa shape index (κ1) is 22.0. The molecule has 0 saturated carbocycles. The summed E-state index contributed by atoms with van der Waals surface area (Å²) >= 11 is 0. The summed E-state index contributed by atoms with van der Waals surface area (Å²) in [6.45, 7) is 4.66. The van der Waals surface area contributed by atoms with E-state index in [1.54, 1.807) is 6.92 Å². The lowest BCUT2D eigenvalue weighted by Gasteiger charge is -2.37. The van der Waals surface area contributed by atoms with E-state index in [4.69, 9.17) is 0 Å². The highest BCUT2D eigenvalue weighted by molar-refractivity contribution is 7.89. The van der Waals surface area contributed by atoms with Crippen LogP contribution in [0.2, 0.25) is 0 Å². The highest BCUT2D eigenvalue weighted by Crippen LogP contribution is 2.26. The highest BCUT2D eigenvalue weighted by atomic mass is 32.2. The highest BCUT2D eigenvalue weighted by Gasteiger charge is 2.38. The van der Waals surface area contributed by atoms with Crippen LogP contribution in [-0.4, -0.2) is 54.5 Å². The molecule has 1 atom stereocenters. The molecule has 2 aliphatic rings. The second-order valence-corrected chi connectivity index (χ2v) is 10.7. The van der Waals surface area contributed by atoms with Crippen LogP contribution >= 0.6 is 0 Å². The Hall–Kier alpha value is -2.22. The summed E-state index contributed by atoms with van der Waals surface area (Å²) in [5.74, 6) is -0.176. The van der Waals surface area contributed by atoms with Crippen LogP contribution in [-0.2, 0) is 34.3 Å². The Kier molecular flexibility index (Phi) is 6.74. The molecule has 0 radical (unpaired) electrons. The second-order valence-electron chi connectivity index (χ2n) is 8.48. The molecular formula is C24H31N3O3S. The van der Waals surface area contributed by atoms with Crippen molar-refractivity contribution in [2.75, 3.05) is 18.8 Å². The van der Waals surface area contributed by atoms with Gasteiger partial charge in [-0.25, -0.2) is 8.42 Å². The SMILES string of the molecule is CCS(=O)(=O)N1Cc2ccccc2C[C@H]1C(=O)NC1CCN(Cc2ccccc2)CC1. The molecule has 0 bridgehead atoms. The smallest absolute Gasteiger partial charge is 0.239 e. The van der Waals surface area contributed by atoms with Gasteiger partial charge >= 0.3 is 0 Å². The number of hydrogen-bond acceptors (Lipinski definition) is 4. The van der Waals surface area contributed by atoms with E-state index in [1.165, 1.54) is 9.87 Å². The van der Waals surface area contributed by atoms with Crippen LogP contribution in [0.5, 0.6) is 0 Å². The van der Waals surface area contributed by atoms with Gasteiger partial charge in [-0.2, -0.15) is 4.31 Å². The van der Waals surface area contributed by atoms with E-state index >= 15 is 0 Å². The Balaban J connectivity index is 1.39. The topological polar surface area (TPSA) is 69.7 Å². The molecule has 0 aromatic heterocycles. The fraction of sp³-hybridized carbons (Fsp3) is 0.458. The molecule has 2 aliphatic heterocycles. The van der Waals surface area contributed by atoms with Crippen LogP contribution in [0.1, 0.15) is 36.5 Å². The van der Waals surface area contributed by atoms with Crippen molar-refractivity contribution in [2.24, 2.45) is 0 Å². The van der Waals surface area contributed by atoms with Crippen molar-refractivity contribution < 1.29 is 13.2 Å². The van der Waals surface area contributed by atoms with Gasteiger partial charge in [-0.1, -0.05) is 54.6 Å². The van der Waals surface area contributed by atoms with E-state index in [9.17, 15) is 13.2 Å². The Bertz CT molecular complexity index is 1000. The zero-order valence-corrected chi connectivity index (χ0v) is 18.9. The number of benzene rings is 2. The van der Waals surface area contributed by atoms with E-state index in [1.807, 2.05) is 30.3 Å². The Morgan fingerprint density at radius 2 is 1.65 bits per heavy atom. The molecule has 1 amide bonds. The number of rotatable bonds is 6. The minimum atomic E-state index is -3.48. The van der Waals surface area contributed by atoms with Gasteiger partial charge in [0.25, 0.3) is 0 Å². The molecule has 31 heavy (non-hydrogen) atoms. The first-order valence-corrected chi connectivity index (χ1v) is 12.7. The number of piperidine rings is 1. The molecule has 7 heteroatoms. The summed E-state index contributed by atoms with van der Waals surface area (Å²) < 4.78 is 26.9. The lowest BCUT2D eigenvalue weighted by atomic mass is 9.95. The normalized spacial score (nSPS) is 20.9. The summed E-state index contributed by atoms with van der Waals surface area (Å²) in [6, 6.07) is 17.6. The third-order valence-corrected chi connectivity index (χ3v) is 8.24. The first-order chi connectivity index (χ1) is 15.0. The average molecular weight is 442 g/mol. The number of nitrogens with zero attached hydrogens (tertiary/aromatic N) is 2. The lowest BCUT2D eigenvalue weighted by Crippen LogP contribution is -2.55. The first-order valence-electron chi connectivity index (χ1n) is 11.1. The molecule has 1 fully saturated rings. The van der Waals surface area contributed by atoms with Crippen molar-refractivity contribution in [3.05, 3.63) is 71.3 Å². The van der Waals surface area contributed by atoms with E-state index in [-0.39, 0.29) is 24.2 Å². The van der Waals surface area contributed by atoms with Crippen LogP contribution in [0.25, 0.3) is 0 Å². The fourth-order valence-electron chi connectivity index (χ4n) is 4.56. The number of hydrogen-bond donors (Lipinski definition) is 1. The maximum atomic E-state index is 13.2. The lowest BCUT2D eigenvalue weighted by molar-refractivity contribution is -0.126. The summed E-state index contributed by atoms with van der Waals surface area (Å²) in [5, 5.41) is 3.16. The van der Waals surface area contributed by atoms with Crippen molar-refractivity contribution in [3.8, 4) is 0 Å². The Morgan fingerprint density at radius 1 is 1.00 bits per heavy atom. The van der Waals surface area contributed by atoms with Crippen LogP contribution in [0.3, 0.4) is 0 Å². The number of carbonyl (C=O) groups excluding carboxylic acids is 1. The predicted molar refractivity (Wildman–Crippen MR) is 122 cm³/mol. The number of sulfonamides is 1. The van der Waals surface area contributed by atoms with Gasteiger partial charge in [0, 0.05) is 32.2 Å². The molecule has 0 aliphatic carbocycles. The van der Waals surface area contributed by atoms with Crippen LogP contribution in [0.15, 0.2) is 54.6 Å². The maximum Gasteiger partial charge on any atom is 0.239 e. The monoisotopic (exact) mass is 441 g/mol. The third-order valence-electron chi connectivity index (χ3n) is 6.41. The Morgan fingerprint density at radius 3 is 2.32 bits per heavy atom. The molecule has 166 valence electrons. The average Bonchev–Trinajstić information content (AvgIpc) is 2.80. The molecule has 6 nitrogen and oxygen atoms in total. The van der Waals surface area contributed by atoms with E-state index in [0.717, 1.165) is 43.6 Å². The second kappa shape index (κ2) is 9.51. The van der Waals surface area contributed by atoms with Gasteiger partial charge in [0.05, 0.1) is 5.75 Å². The number of nitrogens with one attached hydrogen (secondary N) is 1. The van der Waals surface area contributed by atoms with Crippen molar-refractivity contribution in [2.45, 2.75) is 51.4 Å². The zero-order chi connectivity index (χ0) is 21.8. The van der Waals surface area contributed by atoms with E-state index in [0.29, 0.717) is 6.42 Å². The van der Waals surface area contributed by atoms with E-state index < -0.39 is 16.1 Å². The minimum Gasteiger partial charge on any atom is -0.352 e. The molecule has 0 unspecified atom stereocenters. The number of fused-ring (bicyclic) bond motifs is 1. The summed E-state index contributed by atoms with van der Waals surface area (Å²) in [5.41, 5.74) is 3.34. The quantitative estimate of drug-likeness (QED) is 0.748. The standard InChI is InChI=1S/C24H31N3O3S/c1-2-31(29,30)27-18-21-11-7-6-10-20(21)16-23(27)24(28)25-22-12-14-26(15-13-22)17-19-8-4-3-5-9-19/h3-11,22-23H,2,12-18H2,1H3,(H,25,28)/t23-/m0/s1. The predicted octanol–water partition coefficient (Wildman–Crippen LogP) is 2.54. The van der Waals surface area contributed by atoms with Gasteiger partial charge in [0.15, 0.2) is 0 Å². The number of carbonyl (C=O) groups is 1. The number of amides is 1. The molecule has 2 aromatic carbocycles. The van der Waals surface area contributed by atoms with Crippen molar-refractivity contribution >= 4 is 15.9 Å². The van der Waals surface area contributed by atoms with Gasteiger partial charge in [0.1, 0.15) is 6.04 Å². The van der Waals surface area contributed by atoms with Gasteiger partial charge in [-0.05, 0) is 42.9 Å². The van der Waals surface area contributed by atoms with Gasteiger partial charge in [-0.3, -0.25) is 9.69 Å². The largest absolute Gasteiger partial charge is 0.352 e. The minimum absolute atomic E-state index is 0.00315. The molecule has 0 spiro atoms. The molecule has 1 N–H and O–H groups in total. The summed E-state index contributed by atoms with van der Waals surface area (Å²) in [6.07, 6.45) is 2.18. The fourth-order valence-corrected chi connectivity index (χ4v) is 5.78. The Labute approximate surface area is 185 Å². The van der Waals surface area contributed by atoms with Crippen LogP contribution < -0.4 is 5.32 Å². The van der Waals surface area contributed by atoms with E-state index in [2.05, 4.69) is 34.5 Å². The summed E-state index contributed by atoms with van der Waals surface area (Å²) in [7, 11) is -3.48. The van der Waals surface area contributed by atoms with Crippen LogP contribution in [0, 0.1) is 0 Å². The zero-order valence-electron chi connectivity index (χ0n) is 18.0. The van der Waals surface area contributed by atoms with Gasteiger partial charge in [0.2, 0.25) is 15.9 Å². The third kappa shape index (κ3) is 5.17. The molecule has 2 heterocycles. The molecular weight excluding hydrogens is 410 g/mol. The molecule has 2 aromatic rings. The maximum absolute atomic E-state index is 13.2. The van der Waals surface area contributed by atoms with Crippen molar-refractivity contribution in [3.63, 3.8) is 0 Å². The van der Waals surface area contributed by atoms with Gasteiger partial charge in [-0.15, -0.1) is 0 Å². The van der Waals surface area contributed by atoms with Crippen molar-refractivity contribution in [1.29, 1.82) is 0 Å². The molecule has 1 saturated heterocycles.